The van der Waals surface area contributed by atoms with Crippen molar-refractivity contribution >= 4 is 27.5 Å². The van der Waals surface area contributed by atoms with Gasteiger partial charge in [0.05, 0.1) is 10.9 Å². The zero-order chi connectivity index (χ0) is 20.7. The minimum Gasteiger partial charge on any atom is -0.350 e. The lowest BCUT2D eigenvalue weighted by Gasteiger charge is -2.18. The predicted molar refractivity (Wildman–Crippen MR) is 113 cm³/mol. The number of sulfonamides is 1. The third kappa shape index (κ3) is 5.80. The van der Waals surface area contributed by atoms with Crippen LogP contribution < -0.4 is 5.32 Å². The van der Waals surface area contributed by atoms with Crippen LogP contribution in [0.25, 0.3) is 0 Å². The summed E-state index contributed by atoms with van der Waals surface area (Å²) in [5.41, 5.74) is 1.91. The van der Waals surface area contributed by atoms with E-state index in [4.69, 9.17) is 11.6 Å². The van der Waals surface area contributed by atoms with Crippen LogP contribution in [-0.2, 0) is 21.2 Å². The number of carbonyl (C=O) groups is 1. The first kappa shape index (κ1) is 22.4. The second-order valence-corrected chi connectivity index (χ2v) is 8.95. The Morgan fingerprint density at radius 1 is 1.04 bits per heavy atom. The molecule has 0 aliphatic heterocycles. The Labute approximate surface area is 172 Å². The van der Waals surface area contributed by atoms with E-state index in [-0.39, 0.29) is 16.8 Å². The molecule has 0 radical (unpaired) electrons. The fourth-order valence-electron chi connectivity index (χ4n) is 2.95. The molecule has 0 heterocycles. The van der Waals surface area contributed by atoms with E-state index in [9.17, 15) is 13.2 Å². The minimum atomic E-state index is -3.45. The molecule has 0 spiro atoms. The van der Waals surface area contributed by atoms with Crippen molar-refractivity contribution in [3.63, 3.8) is 0 Å². The van der Waals surface area contributed by atoms with E-state index in [0.717, 1.165) is 11.1 Å². The highest BCUT2D eigenvalue weighted by Crippen LogP contribution is 2.18. The summed E-state index contributed by atoms with van der Waals surface area (Å²) in [4.78, 5) is 12.5. The maximum atomic E-state index is 12.5. The first-order valence-electron chi connectivity index (χ1n) is 9.41. The molecule has 2 aromatic rings. The topological polar surface area (TPSA) is 66.5 Å². The van der Waals surface area contributed by atoms with Crippen LogP contribution in [0.15, 0.2) is 53.4 Å². The SMILES string of the molecule is CCN(CC)S(=O)(=O)c1ccc(CCC(=O)NC(C)c2ccc(Cl)cc2)cc1. The number of benzene rings is 2. The Morgan fingerprint density at radius 3 is 2.14 bits per heavy atom. The summed E-state index contributed by atoms with van der Waals surface area (Å²) in [7, 11) is -3.45. The summed E-state index contributed by atoms with van der Waals surface area (Å²) < 4.78 is 26.4. The fourth-order valence-corrected chi connectivity index (χ4v) is 4.53. The molecule has 0 aliphatic rings. The average molecular weight is 423 g/mol. The van der Waals surface area contributed by atoms with Crippen LogP contribution in [0.2, 0.25) is 5.02 Å². The first-order valence-corrected chi connectivity index (χ1v) is 11.2. The van der Waals surface area contributed by atoms with Gasteiger partial charge in [-0.2, -0.15) is 4.31 Å². The van der Waals surface area contributed by atoms with E-state index in [0.29, 0.717) is 31.0 Å². The molecule has 1 unspecified atom stereocenters. The van der Waals surface area contributed by atoms with Crippen molar-refractivity contribution in [3.05, 3.63) is 64.7 Å². The Morgan fingerprint density at radius 2 is 1.61 bits per heavy atom. The normalized spacial score (nSPS) is 12.8. The predicted octanol–water partition coefficient (Wildman–Crippen LogP) is 4.18. The highest BCUT2D eigenvalue weighted by atomic mass is 35.5. The summed E-state index contributed by atoms with van der Waals surface area (Å²) in [5.74, 6) is -0.0534. The smallest absolute Gasteiger partial charge is 0.243 e. The molecule has 0 saturated heterocycles. The van der Waals surface area contributed by atoms with Gasteiger partial charge in [0.15, 0.2) is 0 Å². The molecule has 0 aromatic heterocycles. The monoisotopic (exact) mass is 422 g/mol. The number of aryl methyl sites for hydroxylation is 1. The van der Waals surface area contributed by atoms with Gasteiger partial charge < -0.3 is 5.32 Å². The lowest BCUT2D eigenvalue weighted by Crippen LogP contribution is -2.30. The van der Waals surface area contributed by atoms with Crippen molar-refractivity contribution in [1.29, 1.82) is 0 Å². The first-order chi connectivity index (χ1) is 13.3. The van der Waals surface area contributed by atoms with Crippen LogP contribution in [0.3, 0.4) is 0 Å². The van der Waals surface area contributed by atoms with Gasteiger partial charge in [0, 0.05) is 24.5 Å². The molecule has 0 saturated carbocycles. The fraction of sp³-hybridized carbons (Fsp3) is 0.381. The zero-order valence-electron chi connectivity index (χ0n) is 16.5. The van der Waals surface area contributed by atoms with Gasteiger partial charge in [-0.05, 0) is 48.7 Å². The summed E-state index contributed by atoms with van der Waals surface area (Å²) in [5, 5.41) is 3.63. The number of hydrogen-bond donors (Lipinski definition) is 1. The van der Waals surface area contributed by atoms with Crippen LogP contribution in [-0.4, -0.2) is 31.7 Å². The molecular weight excluding hydrogens is 396 g/mol. The van der Waals surface area contributed by atoms with Gasteiger partial charge in [-0.1, -0.05) is 49.7 Å². The highest BCUT2D eigenvalue weighted by molar-refractivity contribution is 7.89. The van der Waals surface area contributed by atoms with E-state index < -0.39 is 10.0 Å². The summed E-state index contributed by atoms with van der Waals surface area (Å²) in [6, 6.07) is 14.0. The van der Waals surface area contributed by atoms with E-state index in [1.165, 1.54) is 4.31 Å². The number of hydrogen-bond acceptors (Lipinski definition) is 3. The third-order valence-corrected chi connectivity index (χ3v) is 6.97. The van der Waals surface area contributed by atoms with E-state index in [1.807, 2.05) is 32.9 Å². The molecule has 0 fully saturated rings. The van der Waals surface area contributed by atoms with E-state index >= 15 is 0 Å². The number of halogens is 1. The van der Waals surface area contributed by atoms with Crippen LogP contribution in [0.4, 0.5) is 0 Å². The lowest BCUT2D eigenvalue weighted by molar-refractivity contribution is -0.121. The van der Waals surface area contributed by atoms with Gasteiger partial charge in [-0.15, -0.1) is 0 Å². The Balaban J connectivity index is 1.92. The second kappa shape index (κ2) is 10.0. The molecule has 7 heteroatoms. The average Bonchev–Trinajstić information content (AvgIpc) is 2.68. The number of nitrogens with zero attached hydrogens (tertiary/aromatic N) is 1. The van der Waals surface area contributed by atoms with E-state index in [2.05, 4.69) is 5.32 Å². The Bertz CT molecular complexity index is 877. The van der Waals surface area contributed by atoms with Gasteiger partial charge in [0.25, 0.3) is 0 Å². The van der Waals surface area contributed by atoms with Crippen molar-refractivity contribution < 1.29 is 13.2 Å². The molecule has 5 nitrogen and oxygen atoms in total. The molecule has 0 bridgehead atoms. The number of nitrogens with one attached hydrogen (secondary N) is 1. The molecule has 28 heavy (non-hydrogen) atoms. The molecule has 152 valence electrons. The van der Waals surface area contributed by atoms with Crippen molar-refractivity contribution in [2.75, 3.05) is 13.1 Å². The van der Waals surface area contributed by atoms with Gasteiger partial charge in [0.2, 0.25) is 15.9 Å². The molecular formula is C21H27ClN2O3S. The molecule has 1 N–H and O–H groups in total. The highest BCUT2D eigenvalue weighted by Gasteiger charge is 2.21. The molecule has 2 rings (SSSR count). The van der Waals surface area contributed by atoms with Crippen molar-refractivity contribution in [2.24, 2.45) is 0 Å². The van der Waals surface area contributed by atoms with Gasteiger partial charge in [0.1, 0.15) is 0 Å². The molecule has 1 amide bonds. The number of rotatable bonds is 9. The lowest BCUT2D eigenvalue weighted by atomic mass is 10.1. The van der Waals surface area contributed by atoms with Crippen LogP contribution in [0, 0.1) is 0 Å². The van der Waals surface area contributed by atoms with Crippen molar-refractivity contribution in [2.45, 2.75) is 44.6 Å². The van der Waals surface area contributed by atoms with Crippen LogP contribution in [0.1, 0.15) is 44.4 Å². The van der Waals surface area contributed by atoms with Crippen molar-refractivity contribution in [1.82, 2.24) is 9.62 Å². The quantitative estimate of drug-likeness (QED) is 0.659. The summed E-state index contributed by atoms with van der Waals surface area (Å²) in [6.07, 6.45) is 0.880. The zero-order valence-corrected chi connectivity index (χ0v) is 18.1. The Kier molecular flexibility index (Phi) is 8.04. The molecule has 2 aromatic carbocycles. The summed E-state index contributed by atoms with van der Waals surface area (Å²) >= 11 is 5.88. The number of carbonyl (C=O) groups excluding carboxylic acids is 1. The minimum absolute atomic E-state index is 0.0534. The largest absolute Gasteiger partial charge is 0.350 e. The number of amides is 1. The van der Waals surface area contributed by atoms with Gasteiger partial charge >= 0.3 is 0 Å². The van der Waals surface area contributed by atoms with Crippen molar-refractivity contribution in [3.8, 4) is 0 Å². The molecule has 1 atom stereocenters. The Hall–Kier alpha value is -1.89. The summed E-state index contributed by atoms with van der Waals surface area (Å²) in [6.45, 7) is 6.44. The standard InChI is InChI=1S/C21H27ClN2O3S/c1-4-24(5-2)28(26,27)20-13-6-17(7-14-20)8-15-21(25)23-16(3)18-9-11-19(22)12-10-18/h6-7,9-14,16H,4-5,8,15H2,1-3H3,(H,23,25). The maximum Gasteiger partial charge on any atom is 0.243 e. The third-order valence-electron chi connectivity index (χ3n) is 4.65. The van der Waals surface area contributed by atoms with Crippen LogP contribution >= 0.6 is 11.6 Å². The van der Waals surface area contributed by atoms with Gasteiger partial charge in [-0.3, -0.25) is 4.79 Å². The maximum absolute atomic E-state index is 12.5. The molecule has 0 aliphatic carbocycles. The van der Waals surface area contributed by atoms with Gasteiger partial charge in [-0.25, -0.2) is 8.42 Å². The van der Waals surface area contributed by atoms with Crippen LogP contribution in [0.5, 0.6) is 0 Å². The van der Waals surface area contributed by atoms with E-state index in [1.54, 1.807) is 36.4 Å². The second-order valence-electron chi connectivity index (χ2n) is 6.57.